The number of fused-ring (bicyclic) bond motifs is 1. The van der Waals surface area contributed by atoms with Gasteiger partial charge in [-0.1, -0.05) is 23.4 Å². The highest BCUT2D eigenvalue weighted by Gasteiger charge is 2.67. The number of benzene rings is 1. The van der Waals surface area contributed by atoms with E-state index in [1.165, 1.54) is 0 Å². The molecule has 0 aliphatic carbocycles. The maximum Gasteiger partial charge on any atom is 0.235 e. The number of rotatable bonds is 7. The summed E-state index contributed by atoms with van der Waals surface area (Å²) in [5.74, 6) is 0.875. The predicted molar refractivity (Wildman–Crippen MR) is 114 cm³/mol. The molecule has 168 valence electrons. The number of aryl methyl sites for hydroxylation is 1. The Hall–Kier alpha value is -3.33. The van der Waals surface area contributed by atoms with Gasteiger partial charge in [0.2, 0.25) is 11.8 Å². The van der Waals surface area contributed by atoms with Gasteiger partial charge >= 0.3 is 0 Å². The largest absolute Gasteiger partial charge is 0.493 e. The van der Waals surface area contributed by atoms with Gasteiger partial charge in [0.15, 0.2) is 17.3 Å². The third kappa shape index (κ3) is 3.15. The van der Waals surface area contributed by atoms with E-state index in [1.54, 1.807) is 32.1 Å². The molecule has 9 heteroatoms. The summed E-state index contributed by atoms with van der Waals surface area (Å²) in [6, 6.07) is 7.38. The third-order valence-corrected chi connectivity index (χ3v) is 6.46. The van der Waals surface area contributed by atoms with Crippen LogP contribution < -0.4 is 19.7 Å². The molecule has 1 aromatic heterocycles. The zero-order valence-corrected chi connectivity index (χ0v) is 18.2. The lowest BCUT2D eigenvalue weighted by Gasteiger charge is -2.23. The molecule has 1 spiro atoms. The van der Waals surface area contributed by atoms with Gasteiger partial charge in [0, 0.05) is 12.6 Å². The van der Waals surface area contributed by atoms with Crippen molar-refractivity contribution in [1.29, 1.82) is 0 Å². The summed E-state index contributed by atoms with van der Waals surface area (Å²) in [6.07, 6.45) is 4.03. The first-order chi connectivity index (χ1) is 15.5. The maximum absolute atomic E-state index is 13.2. The van der Waals surface area contributed by atoms with E-state index in [2.05, 4.69) is 10.5 Å². The summed E-state index contributed by atoms with van der Waals surface area (Å²) in [7, 11) is 3.18. The van der Waals surface area contributed by atoms with Crippen LogP contribution in [-0.2, 0) is 20.7 Å². The minimum absolute atomic E-state index is 0.162. The number of nitrogens with zero attached hydrogens (tertiary/aromatic N) is 2. The van der Waals surface area contributed by atoms with Gasteiger partial charge in [0.05, 0.1) is 38.7 Å². The van der Waals surface area contributed by atoms with Gasteiger partial charge in [-0.05, 0) is 31.0 Å². The van der Waals surface area contributed by atoms with Crippen LogP contribution in [0, 0.1) is 18.8 Å². The van der Waals surface area contributed by atoms with Gasteiger partial charge in [-0.25, -0.2) is 0 Å². The molecule has 1 N–H and O–H groups in total. The zero-order chi connectivity index (χ0) is 22.5. The maximum atomic E-state index is 13.2. The fourth-order valence-corrected chi connectivity index (χ4v) is 4.96. The number of anilines is 1. The molecular formula is C23H25N3O6. The van der Waals surface area contributed by atoms with Crippen molar-refractivity contribution in [2.45, 2.75) is 25.0 Å². The zero-order valence-electron chi connectivity index (χ0n) is 18.2. The van der Waals surface area contributed by atoms with Crippen LogP contribution in [0.15, 0.2) is 40.9 Å². The lowest BCUT2D eigenvalue weighted by Crippen LogP contribution is -2.44. The second kappa shape index (κ2) is 7.67. The minimum Gasteiger partial charge on any atom is -0.493 e. The molecule has 32 heavy (non-hydrogen) atoms. The number of carbonyl (C=O) groups is 2. The van der Waals surface area contributed by atoms with Crippen LogP contribution in [-0.4, -0.2) is 56.0 Å². The molecule has 2 aromatic rings. The molecule has 1 aromatic carbocycles. The van der Waals surface area contributed by atoms with Crippen LogP contribution in [0.25, 0.3) is 0 Å². The number of hydrogen-bond donors (Lipinski definition) is 1. The number of nitrogens with one attached hydrogen (secondary N) is 1. The second-order valence-corrected chi connectivity index (χ2v) is 8.35. The molecule has 5 rings (SSSR count). The normalized spacial score (nSPS) is 27.7. The predicted octanol–water partition coefficient (Wildman–Crippen LogP) is 1.65. The van der Waals surface area contributed by atoms with Gasteiger partial charge in [-0.15, -0.1) is 0 Å². The Balaban J connectivity index is 1.27. The molecule has 2 amide bonds. The van der Waals surface area contributed by atoms with E-state index >= 15 is 0 Å². The van der Waals surface area contributed by atoms with Crippen LogP contribution in [0.3, 0.4) is 0 Å². The SMILES string of the molecule is COc1ccc(CCNC(=O)[C@@H]2[C@@H]3C=C[C@@]4(CN(c5cc(C)on5)C(=O)[C@@H]24)O3)cc1OC. The lowest BCUT2D eigenvalue weighted by molar-refractivity contribution is -0.131. The van der Waals surface area contributed by atoms with E-state index in [1.807, 2.05) is 30.4 Å². The van der Waals surface area contributed by atoms with E-state index in [-0.39, 0.29) is 11.8 Å². The Morgan fingerprint density at radius 2 is 2.09 bits per heavy atom. The highest BCUT2D eigenvalue weighted by Crippen LogP contribution is 2.52. The standard InChI is InChI=1S/C23H25N3O6/c1-13-10-18(25-32-13)26-12-23-8-6-16(31-23)19(20(23)22(26)28)21(27)24-9-7-14-4-5-15(29-2)17(11-14)30-3/h4-6,8,10-11,16,19-20H,7,9,12H2,1-3H3,(H,24,27)/t16-,19+,20+,23-/m0/s1. The number of ether oxygens (including phenoxy) is 3. The molecule has 3 aliphatic heterocycles. The van der Waals surface area contributed by atoms with Crippen molar-refractivity contribution in [1.82, 2.24) is 10.5 Å². The molecular weight excluding hydrogens is 414 g/mol. The van der Waals surface area contributed by atoms with E-state index in [9.17, 15) is 9.59 Å². The first-order valence-corrected chi connectivity index (χ1v) is 10.6. The van der Waals surface area contributed by atoms with Crippen LogP contribution in [0.1, 0.15) is 11.3 Å². The van der Waals surface area contributed by atoms with Crippen molar-refractivity contribution in [2.24, 2.45) is 11.8 Å². The monoisotopic (exact) mass is 439 g/mol. The molecule has 0 unspecified atom stereocenters. The van der Waals surface area contributed by atoms with E-state index < -0.39 is 23.5 Å². The smallest absolute Gasteiger partial charge is 0.235 e. The fourth-order valence-electron chi connectivity index (χ4n) is 4.96. The molecule has 2 saturated heterocycles. The van der Waals surface area contributed by atoms with Crippen molar-refractivity contribution in [2.75, 3.05) is 32.2 Å². The molecule has 9 nitrogen and oxygen atoms in total. The number of amides is 2. The Bertz CT molecular complexity index is 1100. The van der Waals surface area contributed by atoms with Crippen LogP contribution in [0.2, 0.25) is 0 Å². The van der Waals surface area contributed by atoms with Crippen LogP contribution in [0.4, 0.5) is 5.82 Å². The minimum atomic E-state index is -0.792. The Kier molecular flexibility index (Phi) is 4.93. The molecule has 2 bridgehead atoms. The van der Waals surface area contributed by atoms with Crippen molar-refractivity contribution >= 4 is 17.6 Å². The average Bonchev–Trinajstić information content (AvgIpc) is 3.54. The highest BCUT2D eigenvalue weighted by molar-refractivity contribution is 6.02. The summed E-state index contributed by atoms with van der Waals surface area (Å²) < 4.78 is 21.9. The average molecular weight is 439 g/mol. The summed E-state index contributed by atoms with van der Waals surface area (Å²) in [5.41, 5.74) is 0.216. The van der Waals surface area contributed by atoms with Crippen LogP contribution in [0.5, 0.6) is 11.5 Å². The third-order valence-electron chi connectivity index (χ3n) is 6.46. The van der Waals surface area contributed by atoms with Gasteiger partial charge < -0.3 is 24.1 Å². The van der Waals surface area contributed by atoms with Crippen molar-refractivity contribution in [3.05, 3.63) is 47.7 Å². The molecule has 0 saturated carbocycles. The van der Waals surface area contributed by atoms with Crippen molar-refractivity contribution in [3.8, 4) is 11.5 Å². The lowest BCUT2D eigenvalue weighted by atomic mass is 9.77. The Labute approximate surface area is 185 Å². The summed E-state index contributed by atoms with van der Waals surface area (Å²) in [4.78, 5) is 27.9. The summed E-state index contributed by atoms with van der Waals surface area (Å²) in [6.45, 7) is 2.53. The van der Waals surface area contributed by atoms with Crippen LogP contribution >= 0.6 is 0 Å². The first kappa shape index (κ1) is 20.6. The molecule has 3 aliphatic rings. The molecule has 4 heterocycles. The first-order valence-electron chi connectivity index (χ1n) is 10.6. The molecule has 0 radical (unpaired) electrons. The van der Waals surface area contributed by atoms with E-state index in [0.29, 0.717) is 42.6 Å². The van der Waals surface area contributed by atoms with Gasteiger partial charge in [0.25, 0.3) is 0 Å². The Morgan fingerprint density at radius 3 is 2.81 bits per heavy atom. The van der Waals surface area contributed by atoms with Gasteiger partial charge in [-0.2, -0.15) is 0 Å². The molecule has 4 atom stereocenters. The van der Waals surface area contributed by atoms with Gasteiger partial charge in [-0.3, -0.25) is 14.5 Å². The van der Waals surface area contributed by atoms with Gasteiger partial charge in [0.1, 0.15) is 11.4 Å². The number of hydrogen-bond acceptors (Lipinski definition) is 7. The highest BCUT2D eigenvalue weighted by atomic mass is 16.5. The van der Waals surface area contributed by atoms with Crippen molar-refractivity contribution in [3.63, 3.8) is 0 Å². The summed E-state index contributed by atoms with van der Waals surface area (Å²) >= 11 is 0. The Morgan fingerprint density at radius 1 is 1.28 bits per heavy atom. The summed E-state index contributed by atoms with van der Waals surface area (Å²) in [5, 5.41) is 6.95. The van der Waals surface area contributed by atoms with Crippen molar-refractivity contribution < 1.29 is 28.3 Å². The van der Waals surface area contributed by atoms with E-state index in [4.69, 9.17) is 18.7 Å². The fraction of sp³-hybridized carbons (Fsp3) is 0.435. The number of methoxy groups -OCH3 is 2. The topological polar surface area (TPSA) is 103 Å². The second-order valence-electron chi connectivity index (χ2n) is 8.35. The van der Waals surface area contributed by atoms with E-state index in [0.717, 1.165) is 5.56 Å². The molecule has 2 fully saturated rings. The quantitative estimate of drug-likeness (QED) is 0.655. The number of carbonyl (C=O) groups excluding carboxylic acids is 2. The number of aromatic nitrogens is 1.